The molecule has 0 bridgehead atoms. The third-order valence-electron chi connectivity index (χ3n) is 2.19. The molecular weight excluding hydrogens is 235 g/mol. The average Bonchev–Trinajstić information content (AvgIpc) is 2.76. The number of para-hydroxylation sites is 1. The van der Waals surface area contributed by atoms with Gasteiger partial charge in [0.2, 0.25) is 0 Å². The Labute approximate surface area is 103 Å². The van der Waals surface area contributed by atoms with Gasteiger partial charge in [-0.05, 0) is 37.3 Å². The Bertz CT molecular complexity index is 584. The van der Waals surface area contributed by atoms with Gasteiger partial charge in [-0.3, -0.25) is 0 Å². The number of hydrogen-bond donors (Lipinski definition) is 0. The van der Waals surface area contributed by atoms with E-state index >= 15 is 0 Å². The molecule has 3 nitrogen and oxygen atoms in total. The van der Waals surface area contributed by atoms with E-state index in [-0.39, 0.29) is 5.75 Å². The number of esters is 1. The van der Waals surface area contributed by atoms with Crippen LogP contribution in [0.15, 0.2) is 46.9 Å². The normalized spacial score (nSPS) is 10.8. The van der Waals surface area contributed by atoms with Crippen molar-refractivity contribution in [2.24, 2.45) is 0 Å². The van der Waals surface area contributed by atoms with Crippen molar-refractivity contribution in [3.63, 3.8) is 0 Å². The average molecular weight is 246 g/mol. The molecule has 0 aliphatic rings. The highest BCUT2D eigenvalue weighted by Crippen LogP contribution is 2.16. The van der Waals surface area contributed by atoms with E-state index < -0.39 is 11.8 Å². The molecule has 92 valence electrons. The van der Waals surface area contributed by atoms with Crippen molar-refractivity contribution >= 4 is 12.0 Å². The van der Waals surface area contributed by atoms with Crippen LogP contribution in [0.5, 0.6) is 5.75 Å². The van der Waals surface area contributed by atoms with Crippen LogP contribution in [0, 0.1) is 12.7 Å². The van der Waals surface area contributed by atoms with Gasteiger partial charge in [0.15, 0.2) is 11.6 Å². The fourth-order valence-corrected chi connectivity index (χ4v) is 1.36. The molecule has 0 aliphatic carbocycles. The summed E-state index contributed by atoms with van der Waals surface area (Å²) in [6.45, 7) is 1.80. The lowest BCUT2D eigenvalue weighted by Crippen LogP contribution is -2.04. The lowest BCUT2D eigenvalue weighted by molar-refractivity contribution is -0.129. The molecule has 0 aliphatic heterocycles. The second-order valence-electron chi connectivity index (χ2n) is 3.63. The second-order valence-corrected chi connectivity index (χ2v) is 3.63. The predicted molar refractivity (Wildman–Crippen MR) is 64.5 cm³/mol. The number of aryl methyl sites for hydroxylation is 1. The van der Waals surface area contributed by atoms with Crippen molar-refractivity contribution in [3.8, 4) is 5.75 Å². The number of furan rings is 1. The first-order valence-electron chi connectivity index (χ1n) is 5.36. The summed E-state index contributed by atoms with van der Waals surface area (Å²) in [6, 6.07) is 9.23. The van der Waals surface area contributed by atoms with Crippen LogP contribution in [0.2, 0.25) is 0 Å². The number of ether oxygens (including phenoxy) is 1. The zero-order valence-corrected chi connectivity index (χ0v) is 9.72. The molecule has 0 saturated heterocycles. The highest BCUT2D eigenvalue weighted by atomic mass is 19.1. The third kappa shape index (κ3) is 3.07. The van der Waals surface area contributed by atoms with E-state index in [0.717, 1.165) is 5.76 Å². The van der Waals surface area contributed by atoms with E-state index in [9.17, 15) is 9.18 Å². The Hall–Kier alpha value is -2.36. The Balaban J connectivity index is 2.01. The molecule has 1 heterocycles. The third-order valence-corrected chi connectivity index (χ3v) is 2.19. The first-order chi connectivity index (χ1) is 8.65. The van der Waals surface area contributed by atoms with E-state index in [1.165, 1.54) is 30.4 Å². The Morgan fingerprint density at radius 1 is 1.28 bits per heavy atom. The summed E-state index contributed by atoms with van der Waals surface area (Å²) < 4.78 is 23.3. The van der Waals surface area contributed by atoms with Gasteiger partial charge >= 0.3 is 5.97 Å². The lowest BCUT2D eigenvalue weighted by atomic mass is 10.3. The highest BCUT2D eigenvalue weighted by Gasteiger charge is 2.05. The summed E-state index contributed by atoms with van der Waals surface area (Å²) in [4.78, 5) is 11.4. The number of hydrogen-bond acceptors (Lipinski definition) is 3. The summed E-state index contributed by atoms with van der Waals surface area (Å²) >= 11 is 0. The van der Waals surface area contributed by atoms with Crippen molar-refractivity contribution in [1.29, 1.82) is 0 Å². The van der Waals surface area contributed by atoms with Gasteiger partial charge in [-0.1, -0.05) is 12.1 Å². The predicted octanol–water partition coefficient (Wildman–Crippen LogP) is 3.35. The molecule has 1 aromatic carbocycles. The Morgan fingerprint density at radius 2 is 2.06 bits per heavy atom. The van der Waals surface area contributed by atoms with Crippen LogP contribution in [-0.4, -0.2) is 5.97 Å². The van der Waals surface area contributed by atoms with Gasteiger partial charge in [0.05, 0.1) is 0 Å². The highest BCUT2D eigenvalue weighted by molar-refractivity contribution is 5.88. The van der Waals surface area contributed by atoms with Crippen molar-refractivity contribution in [1.82, 2.24) is 0 Å². The van der Waals surface area contributed by atoms with Crippen LogP contribution >= 0.6 is 0 Å². The van der Waals surface area contributed by atoms with Crippen molar-refractivity contribution in [2.45, 2.75) is 6.92 Å². The van der Waals surface area contributed by atoms with Crippen LogP contribution < -0.4 is 4.74 Å². The molecule has 0 fully saturated rings. The van der Waals surface area contributed by atoms with Crippen LogP contribution in [0.1, 0.15) is 11.5 Å². The first-order valence-corrected chi connectivity index (χ1v) is 5.36. The molecule has 0 saturated carbocycles. The summed E-state index contributed by atoms with van der Waals surface area (Å²) in [5.74, 6) is -0.0415. The van der Waals surface area contributed by atoms with E-state index in [0.29, 0.717) is 5.76 Å². The van der Waals surface area contributed by atoms with Crippen molar-refractivity contribution in [3.05, 3.63) is 59.8 Å². The fraction of sp³-hybridized carbons (Fsp3) is 0.0714. The van der Waals surface area contributed by atoms with Gasteiger partial charge in [0, 0.05) is 6.08 Å². The minimum Gasteiger partial charge on any atom is -0.462 e. The molecule has 1 aromatic heterocycles. The molecule has 0 N–H and O–H groups in total. The number of carbonyl (C=O) groups excluding carboxylic acids is 1. The summed E-state index contributed by atoms with van der Waals surface area (Å²) in [5.41, 5.74) is 0. The lowest BCUT2D eigenvalue weighted by Gasteiger charge is -2.01. The molecule has 18 heavy (non-hydrogen) atoms. The van der Waals surface area contributed by atoms with E-state index in [2.05, 4.69) is 0 Å². The zero-order chi connectivity index (χ0) is 13.0. The van der Waals surface area contributed by atoms with Crippen LogP contribution in [-0.2, 0) is 4.79 Å². The van der Waals surface area contributed by atoms with Crippen LogP contribution in [0.3, 0.4) is 0 Å². The van der Waals surface area contributed by atoms with Gasteiger partial charge in [0.25, 0.3) is 0 Å². The van der Waals surface area contributed by atoms with Crippen molar-refractivity contribution in [2.75, 3.05) is 0 Å². The van der Waals surface area contributed by atoms with Gasteiger partial charge in [-0.2, -0.15) is 0 Å². The first kappa shape index (κ1) is 12.1. The van der Waals surface area contributed by atoms with Crippen molar-refractivity contribution < 1.29 is 18.3 Å². The molecule has 0 unspecified atom stereocenters. The van der Waals surface area contributed by atoms with Gasteiger partial charge in [-0.15, -0.1) is 0 Å². The van der Waals surface area contributed by atoms with E-state index in [1.54, 1.807) is 25.1 Å². The van der Waals surface area contributed by atoms with E-state index in [4.69, 9.17) is 9.15 Å². The quantitative estimate of drug-likeness (QED) is 0.473. The number of benzene rings is 1. The molecule has 0 atom stereocenters. The largest absolute Gasteiger partial charge is 0.462 e. The number of carbonyl (C=O) groups is 1. The maximum absolute atomic E-state index is 13.2. The van der Waals surface area contributed by atoms with Crippen LogP contribution in [0.4, 0.5) is 4.39 Å². The SMILES string of the molecule is Cc1ccc(C=CC(=O)Oc2ccccc2F)o1. The second kappa shape index (κ2) is 5.31. The van der Waals surface area contributed by atoms with E-state index in [1.807, 2.05) is 0 Å². The molecule has 2 rings (SSSR count). The molecule has 0 spiro atoms. The summed E-state index contributed by atoms with van der Waals surface area (Å²) in [7, 11) is 0. The monoisotopic (exact) mass is 246 g/mol. The standard InChI is InChI=1S/C14H11FO3/c1-10-6-7-11(17-10)8-9-14(16)18-13-5-3-2-4-12(13)15/h2-9H,1H3. The van der Waals surface area contributed by atoms with Gasteiger partial charge in [-0.25, -0.2) is 9.18 Å². The number of halogens is 1. The molecular formula is C14H11FO3. The smallest absolute Gasteiger partial charge is 0.336 e. The topological polar surface area (TPSA) is 39.4 Å². The minimum absolute atomic E-state index is 0.0947. The maximum Gasteiger partial charge on any atom is 0.336 e. The summed E-state index contributed by atoms with van der Waals surface area (Å²) in [5, 5.41) is 0. The molecule has 0 amide bonds. The molecule has 0 radical (unpaired) electrons. The molecule has 4 heteroatoms. The fourth-order valence-electron chi connectivity index (χ4n) is 1.36. The zero-order valence-electron chi connectivity index (χ0n) is 9.72. The number of rotatable bonds is 3. The van der Waals surface area contributed by atoms with Crippen LogP contribution in [0.25, 0.3) is 6.08 Å². The Morgan fingerprint density at radius 3 is 2.72 bits per heavy atom. The molecule has 2 aromatic rings. The maximum atomic E-state index is 13.2. The summed E-state index contributed by atoms with van der Waals surface area (Å²) in [6.07, 6.45) is 2.65. The van der Waals surface area contributed by atoms with Gasteiger partial charge in [0.1, 0.15) is 11.5 Å². The van der Waals surface area contributed by atoms with Gasteiger partial charge < -0.3 is 9.15 Å². The minimum atomic E-state index is -0.658. The Kier molecular flexibility index (Phi) is 3.57.